The molecule has 0 bridgehead atoms. The average Bonchev–Trinajstić information content (AvgIpc) is 3.29. The van der Waals surface area contributed by atoms with Gasteiger partial charge in [0.15, 0.2) is 0 Å². The third-order valence-electron chi connectivity index (χ3n) is 5.45. The lowest BCUT2D eigenvalue weighted by Gasteiger charge is -2.21. The lowest BCUT2D eigenvalue weighted by Crippen LogP contribution is -2.42. The van der Waals surface area contributed by atoms with Crippen molar-refractivity contribution >= 4 is 44.2 Å². The Kier molecular flexibility index (Phi) is 4.24. The van der Waals surface area contributed by atoms with Crippen LogP contribution >= 0.6 is 11.3 Å². The molecule has 5 rings (SSSR count). The highest BCUT2D eigenvalue weighted by Crippen LogP contribution is 2.38. The molecule has 28 heavy (non-hydrogen) atoms. The number of benzene rings is 1. The van der Waals surface area contributed by atoms with Crippen LogP contribution in [0.4, 0.5) is 5.82 Å². The molecule has 0 saturated carbocycles. The van der Waals surface area contributed by atoms with Crippen LogP contribution in [0.2, 0.25) is 0 Å². The predicted molar refractivity (Wildman–Crippen MR) is 108 cm³/mol. The number of nitrogens with one attached hydrogen (secondary N) is 2. The van der Waals surface area contributed by atoms with Gasteiger partial charge in [-0.05, 0) is 42.9 Å². The number of aromatic amines is 1. The third-order valence-corrected chi connectivity index (χ3v) is 6.65. The van der Waals surface area contributed by atoms with Gasteiger partial charge in [0.1, 0.15) is 17.0 Å². The van der Waals surface area contributed by atoms with Crippen LogP contribution in [0.3, 0.4) is 0 Å². The minimum absolute atomic E-state index is 0.310. The number of fused-ring (bicyclic) bond motifs is 4. The van der Waals surface area contributed by atoms with E-state index in [9.17, 15) is 9.90 Å². The molecule has 0 fully saturated rings. The SMILES string of the molecule is O=C([O-])[C@H](Cc1c[nH]c2ccccc12)Nc1ncnc2sc3c(c12)CCCC3. The zero-order valence-electron chi connectivity index (χ0n) is 15.2. The van der Waals surface area contributed by atoms with Crippen LogP contribution in [-0.2, 0) is 24.1 Å². The van der Waals surface area contributed by atoms with E-state index in [0.717, 1.165) is 45.9 Å². The highest BCUT2D eigenvalue weighted by atomic mass is 32.1. The second-order valence-electron chi connectivity index (χ2n) is 7.19. The lowest BCUT2D eigenvalue weighted by atomic mass is 9.97. The fourth-order valence-corrected chi connectivity index (χ4v) is 5.31. The van der Waals surface area contributed by atoms with Crippen molar-refractivity contribution < 1.29 is 9.90 Å². The summed E-state index contributed by atoms with van der Waals surface area (Å²) in [6.45, 7) is 0. The standard InChI is InChI=1S/C21H20N4O2S/c26-21(27)16(9-12-10-22-15-7-3-1-5-13(12)15)25-19-18-14-6-2-4-8-17(14)28-20(18)24-11-23-19/h1,3,5,7,10-11,16,22H,2,4,6,8-9H2,(H,26,27)(H,23,24,25)/p-1/t16-/m0/s1. The molecule has 142 valence electrons. The lowest BCUT2D eigenvalue weighted by molar-refractivity contribution is -0.306. The molecule has 0 saturated heterocycles. The summed E-state index contributed by atoms with van der Waals surface area (Å²) in [5.74, 6) is -0.542. The molecule has 2 N–H and O–H groups in total. The van der Waals surface area contributed by atoms with E-state index < -0.39 is 12.0 Å². The number of anilines is 1. The van der Waals surface area contributed by atoms with Gasteiger partial charge in [-0.1, -0.05) is 18.2 Å². The van der Waals surface area contributed by atoms with Gasteiger partial charge in [0.2, 0.25) is 0 Å². The first kappa shape index (κ1) is 17.2. The van der Waals surface area contributed by atoms with Crippen LogP contribution in [0.5, 0.6) is 0 Å². The van der Waals surface area contributed by atoms with E-state index in [4.69, 9.17) is 0 Å². The molecule has 4 aromatic rings. The number of rotatable bonds is 5. The van der Waals surface area contributed by atoms with Gasteiger partial charge in [0.25, 0.3) is 0 Å². The third kappa shape index (κ3) is 2.92. The zero-order valence-corrected chi connectivity index (χ0v) is 16.0. The van der Waals surface area contributed by atoms with Gasteiger partial charge in [-0.15, -0.1) is 11.3 Å². The molecule has 7 heteroatoms. The van der Waals surface area contributed by atoms with E-state index >= 15 is 0 Å². The van der Waals surface area contributed by atoms with Gasteiger partial charge in [-0.25, -0.2) is 9.97 Å². The summed E-state index contributed by atoms with van der Waals surface area (Å²) < 4.78 is 0. The number of hydrogen-bond donors (Lipinski definition) is 2. The van der Waals surface area contributed by atoms with E-state index in [1.54, 1.807) is 11.3 Å². The van der Waals surface area contributed by atoms with Crippen molar-refractivity contribution in [1.82, 2.24) is 15.0 Å². The summed E-state index contributed by atoms with van der Waals surface area (Å²) in [7, 11) is 0. The molecule has 3 heterocycles. The van der Waals surface area contributed by atoms with E-state index in [1.165, 1.54) is 23.2 Å². The molecule has 0 spiro atoms. The minimum Gasteiger partial charge on any atom is -0.548 e. The monoisotopic (exact) mass is 391 g/mol. The molecule has 6 nitrogen and oxygen atoms in total. The van der Waals surface area contributed by atoms with Crippen LogP contribution < -0.4 is 10.4 Å². The summed E-state index contributed by atoms with van der Waals surface area (Å²) in [4.78, 5) is 26.2. The first-order chi connectivity index (χ1) is 13.7. The average molecular weight is 391 g/mol. The van der Waals surface area contributed by atoms with Crippen LogP contribution in [0.15, 0.2) is 36.8 Å². The van der Waals surface area contributed by atoms with Gasteiger partial charge in [-0.3, -0.25) is 0 Å². The summed E-state index contributed by atoms with van der Waals surface area (Å²) in [5.41, 5.74) is 3.21. The van der Waals surface area contributed by atoms with Crippen molar-refractivity contribution in [3.8, 4) is 0 Å². The van der Waals surface area contributed by atoms with Crippen molar-refractivity contribution in [2.24, 2.45) is 0 Å². The maximum absolute atomic E-state index is 11.9. The fraction of sp³-hybridized carbons (Fsp3) is 0.286. The topological polar surface area (TPSA) is 93.7 Å². The molecular weight excluding hydrogens is 372 g/mol. The highest BCUT2D eigenvalue weighted by molar-refractivity contribution is 7.19. The fourth-order valence-electron chi connectivity index (χ4n) is 4.08. The molecule has 0 unspecified atom stereocenters. The summed E-state index contributed by atoms with van der Waals surface area (Å²) in [6, 6.07) is 7.00. The van der Waals surface area contributed by atoms with E-state index in [1.807, 2.05) is 30.5 Å². The molecular formula is C21H19N4O2S-. The molecule has 1 aliphatic rings. The molecule has 1 aliphatic carbocycles. The number of carboxylic acids is 1. The number of para-hydroxylation sites is 1. The highest BCUT2D eigenvalue weighted by Gasteiger charge is 2.22. The van der Waals surface area contributed by atoms with Gasteiger partial charge >= 0.3 is 0 Å². The normalized spacial score (nSPS) is 14.9. The van der Waals surface area contributed by atoms with Gasteiger partial charge in [0.05, 0.1) is 17.4 Å². The quantitative estimate of drug-likeness (QED) is 0.546. The maximum Gasteiger partial charge on any atom is 0.138 e. The number of aliphatic carboxylic acids is 1. The molecule has 0 aliphatic heterocycles. The predicted octanol–water partition coefficient (Wildman–Crippen LogP) is 2.82. The summed E-state index contributed by atoms with van der Waals surface area (Å²) >= 11 is 1.70. The van der Waals surface area contributed by atoms with Crippen molar-refractivity contribution in [2.75, 3.05) is 5.32 Å². The Morgan fingerprint density at radius 3 is 3.00 bits per heavy atom. The van der Waals surface area contributed by atoms with Crippen molar-refractivity contribution in [2.45, 2.75) is 38.1 Å². The second kappa shape index (κ2) is 6.91. The number of aryl methyl sites for hydroxylation is 2. The zero-order chi connectivity index (χ0) is 19.1. The van der Waals surface area contributed by atoms with E-state index in [0.29, 0.717) is 12.2 Å². The summed E-state index contributed by atoms with van der Waals surface area (Å²) in [5, 5.41) is 17.0. The number of H-pyrrole nitrogens is 1. The Bertz CT molecular complexity index is 1180. The Balaban J connectivity index is 1.51. The number of carboxylic acid groups (broad SMARTS) is 1. The maximum atomic E-state index is 11.9. The van der Waals surface area contributed by atoms with Gasteiger partial charge in [-0.2, -0.15) is 0 Å². The van der Waals surface area contributed by atoms with E-state index in [2.05, 4.69) is 20.3 Å². The Morgan fingerprint density at radius 1 is 1.25 bits per heavy atom. The van der Waals surface area contributed by atoms with Crippen molar-refractivity contribution in [1.29, 1.82) is 0 Å². The second-order valence-corrected chi connectivity index (χ2v) is 8.28. The van der Waals surface area contributed by atoms with E-state index in [-0.39, 0.29) is 0 Å². The van der Waals surface area contributed by atoms with Crippen LogP contribution in [-0.4, -0.2) is 27.0 Å². The molecule has 0 radical (unpaired) electrons. The van der Waals surface area contributed by atoms with Crippen LogP contribution in [0, 0.1) is 0 Å². The van der Waals surface area contributed by atoms with Crippen molar-refractivity contribution in [3.63, 3.8) is 0 Å². The molecule has 1 atom stereocenters. The molecule has 1 aromatic carbocycles. The molecule has 0 amide bonds. The minimum atomic E-state index is -1.14. The van der Waals surface area contributed by atoms with Gasteiger partial charge < -0.3 is 20.2 Å². The largest absolute Gasteiger partial charge is 0.548 e. The molecule has 3 aromatic heterocycles. The van der Waals surface area contributed by atoms with Crippen molar-refractivity contribution in [3.05, 3.63) is 52.8 Å². The first-order valence-electron chi connectivity index (χ1n) is 9.48. The number of hydrogen-bond acceptors (Lipinski definition) is 6. The smallest absolute Gasteiger partial charge is 0.138 e. The first-order valence-corrected chi connectivity index (χ1v) is 10.3. The van der Waals surface area contributed by atoms with Crippen LogP contribution in [0.25, 0.3) is 21.1 Å². The Morgan fingerprint density at radius 2 is 2.11 bits per heavy atom. The number of thiophene rings is 1. The Hall–Kier alpha value is -2.93. The van der Waals surface area contributed by atoms with Gasteiger partial charge in [0, 0.05) is 28.4 Å². The summed E-state index contributed by atoms with van der Waals surface area (Å²) in [6.07, 6.45) is 8.08. The Labute approximate surface area is 165 Å². The number of carbonyl (C=O) groups excluding carboxylic acids is 1. The number of aromatic nitrogens is 3. The van der Waals surface area contributed by atoms with Crippen LogP contribution in [0.1, 0.15) is 28.8 Å². The number of nitrogens with zero attached hydrogens (tertiary/aromatic N) is 2. The number of carbonyl (C=O) groups is 1.